The first kappa shape index (κ1) is 18.5. The van der Waals surface area contributed by atoms with E-state index in [0.717, 1.165) is 0 Å². The molecule has 1 atom stereocenters. The fourth-order valence-corrected chi connectivity index (χ4v) is 1.81. The first-order chi connectivity index (χ1) is 10.8. The van der Waals surface area contributed by atoms with Crippen molar-refractivity contribution in [2.45, 2.75) is 25.4 Å². The van der Waals surface area contributed by atoms with E-state index in [1.54, 1.807) is 0 Å². The molecule has 23 heavy (non-hydrogen) atoms. The van der Waals surface area contributed by atoms with Crippen LogP contribution < -0.4 is 16.8 Å². The van der Waals surface area contributed by atoms with E-state index in [0.29, 0.717) is 11.3 Å². The Labute approximate surface area is 131 Å². The van der Waals surface area contributed by atoms with Gasteiger partial charge < -0.3 is 21.9 Å². The van der Waals surface area contributed by atoms with Crippen LogP contribution >= 0.6 is 0 Å². The van der Waals surface area contributed by atoms with Crippen molar-refractivity contribution in [1.82, 2.24) is 10.5 Å². The number of carbonyl (C=O) groups excluding carboxylic acids is 3. The van der Waals surface area contributed by atoms with Gasteiger partial charge in [0.15, 0.2) is 0 Å². The highest BCUT2D eigenvalue weighted by molar-refractivity contribution is 5.91. The average Bonchev–Trinajstić information content (AvgIpc) is 2.46. The highest BCUT2D eigenvalue weighted by Crippen LogP contribution is 2.16. The molecule has 0 aromatic carbocycles. The second-order valence-corrected chi connectivity index (χ2v) is 4.66. The van der Waals surface area contributed by atoms with E-state index in [1.165, 1.54) is 6.21 Å². The van der Waals surface area contributed by atoms with Crippen LogP contribution in [0.4, 0.5) is 0 Å². The van der Waals surface area contributed by atoms with Crippen LogP contribution in [0.3, 0.4) is 0 Å². The van der Waals surface area contributed by atoms with E-state index in [1.807, 2.05) is 0 Å². The summed E-state index contributed by atoms with van der Waals surface area (Å²) in [6, 6.07) is 0. The maximum atomic E-state index is 11.7. The van der Waals surface area contributed by atoms with Gasteiger partial charge in [-0.3, -0.25) is 24.6 Å². The van der Waals surface area contributed by atoms with Crippen molar-refractivity contribution >= 4 is 23.9 Å². The molecule has 1 aliphatic rings. The maximum absolute atomic E-state index is 11.7. The third-order valence-corrected chi connectivity index (χ3v) is 2.74. The molecule has 0 aliphatic carbocycles. The fraction of sp³-hybridized carbons (Fsp3) is 0.500. The molecule has 0 fully saturated rings. The van der Waals surface area contributed by atoms with E-state index in [-0.39, 0.29) is 37.7 Å². The summed E-state index contributed by atoms with van der Waals surface area (Å²) >= 11 is 0. The molecule has 0 aromatic rings. The highest BCUT2D eigenvalue weighted by atomic mass is 16.9. The van der Waals surface area contributed by atoms with Crippen LogP contribution in [0.1, 0.15) is 19.3 Å². The van der Waals surface area contributed by atoms with Gasteiger partial charge in [-0.15, -0.1) is 0 Å². The number of hydroxylamine groups is 2. The standard InChI is InChI=1S/C12H19N5O6/c13-9(19)3-7-6-15-11(16-8(7)4-10(14)20)5-12(21)17(22)23-2-1-18/h6,11,16,18,22H,1-5H2,(H2,13,19)(H2,14,20). The van der Waals surface area contributed by atoms with Crippen LogP contribution in [-0.2, 0) is 19.2 Å². The van der Waals surface area contributed by atoms with Crippen molar-refractivity contribution in [3.63, 3.8) is 0 Å². The predicted octanol–water partition coefficient (Wildman–Crippen LogP) is -2.48. The van der Waals surface area contributed by atoms with Crippen LogP contribution in [0.25, 0.3) is 0 Å². The molecular weight excluding hydrogens is 310 g/mol. The van der Waals surface area contributed by atoms with E-state index in [4.69, 9.17) is 16.6 Å². The second kappa shape index (κ2) is 8.82. The largest absolute Gasteiger partial charge is 0.394 e. The van der Waals surface area contributed by atoms with Crippen molar-refractivity contribution in [3.8, 4) is 0 Å². The number of hydrogen-bond acceptors (Lipinski definition) is 8. The Bertz CT molecular complexity index is 532. The first-order valence-corrected chi connectivity index (χ1v) is 6.67. The van der Waals surface area contributed by atoms with Gasteiger partial charge in [-0.25, -0.2) is 4.84 Å². The zero-order valence-electron chi connectivity index (χ0n) is 12.3. The summed E-state index contributed by atoms with van der Waals surface area (Å²) in [5.74, 6) is -2.06. The number of nitrogens with one attached hydrogen (secondary N) is 1. The summed E-state index contributed by atoms with van der Waals surface area (Å²) in [4.78, 5) is 42.3. The number of nitrogens with zero attached hydrogens (tertiary/aromatic N) is 2. The third-order valence-electron chi connectivity index (χ3n) is 2.74. The molecule has 1 unspecified atom stereocenters. The molecule has 1 rings (SSSR count). The number of nitrogens with two attached hydrogens (primary N) is 2. The molecule has 0 saturated carbocycles. The molecular formula is C12H19N5O6. The van der Waals surface area contributed by atoms with E-state index < -0.39 is 23.9 Å². The Hall–Kier alpha value is -2.50. The Morgan fingerprint density at radius 3 is 2.52 bits per heavy atom. The Morgan fingerprint density at radius 2 is 1.96 bits per heavy atom. The lowest BCUT2D eigenvalue weighted by atomic mass is 10.1. The number of amides is 3. The highest BCUT2D eigenvalue weighted by Gasteiger charge is 2.23. The molecule has 0 saturated heterocycles. The summed E-state index contributed by atoms with van der Waals surface area (Å²) in [6.45, 7) is -0.620. The molecule has 128 valence electrons. The van der Waals surface area contributed by atoms with E-state index in [9.17, 15) is 19.6 Å². The maximum Gasteiger partial charge on any atom is 0.277 e. The van der Waals surface area contributed by atoms with Crippen LogP contribution in [0.2, 0.25) is 0 Å². The molecule has 7 N–H and O–H groups in total. The first-order valence-electron chi connectivity index (χ1n) is 6.67. The lowest BCUT2D eigenvalue weighted by Gasteiger charge is -2.24. The topological polar surface area (TPSA) is 181 Å². The fourth-order valence-electron chi connectivity index (χ4n) is 1.81. The number of primary amides is 2. The number of rotatable bonds is 9. The summed E-state index contributed by atoms with van der Waals surface area (Å²) in [5, 5.41) is 20.6. The number of aliphatic hydroxyl groups excluding tert-OH is 1. The monoisotopic (exact) mass is 329 g/mol. The summed E-state index contributed by atoms with van der Waals surface area (Å²) in [6.07, 6.45) is -0.0478. The molecule has 1 heterocycles. The zero-order valence-corrected chi connectivity index (χ0v) is 12.3. The molecule has 11 nitrogen and oxygen atoms in total. The molecule has 0 aromatic heterocycles. The van der Waals surface area contributed by atoms with Crippen LogP contribution in [0, 0.1) is 0 Å². The predicted molar refractivity (Wildman–Crippen MR) is 76.4 cm³/mol. The van der Waals surface area contributed by atoms with Gasteiger partial charge in [0.2, 0.25) is 11.8 Å². The number of hydrogen-bond donors (Lipinski definition) is 5. The van der Waals surface area contributed by atoms with Gasteiger partial charge in [0, 0.05) is 11.9 Å². The minimum atomic E-state index is -0.815. The lowest BCUT2D eigenvalue weighted by Crippen LogP contribution is -2.39. The van der Waals surface area contributed by atoms with Gasteiger partial charge in [-0.1, -0.05) is 5.23 Å². The van der Waals surface area contributed by atoms with Crippen molar-refractivity contribution in [2.75, 3.05) is 13.2 Å². The van der Waals surface area contributed by atoms with Gasteiger partial charge in [0.05, 0.1) is 25.9 Å². The zero-order chi connectivity index (χ0) is 17.4. The average molecular weight is 329 g/mol. The lowest BCUT2D eigenvalue weighted by molar-refractivity contribution is -0.317. The SMILES string of the molecule is NC(=O)CC1=C(CC(N)=O)NC(CC(=O)N(O)OCCO)N=C1. The van der Waals surface area contributed by atoms with Crippen molar-refractivity contribution in [2.24, 2.45) is 16.5 Å². The minimum absolute atomic E-state index is 0.00379. The van der Waals surface area contributed by atoms with Crippen molar-refractivity contribution in [1.29, 1.82) is 0 Å². The molecule has 0 radical (unpaired) electrons. The number of carbonyl (C=O) groups is 3. The van der Waals surface area contributed by atoms with Gasteiger partial charge in [-0.05, 0) is 5.57 Å². The normalized spacial score (nSPS) is 16.9. The quantitative estimate of drug-likeness (QED) is 0.229. The third kappa shape index (κ3) is 6.42. The molecule has 0 spiro atoms. The van der Waals surface area contributed by atoms with Gasteiger partial charge in [-0.2, -0.15) is 0 Å². The molecule has 1 aliphatic heterocycles. The summed E-state index contributed by atoms with van der Waals surface area (Å²) < 4.78 is 0. The van der Waals surface area contributed by atoms with E-state index >= 15 is 0 Å². The van der Waals surface area contributed by atoms with E-state index in [2.05, 4.69) is 15.1 Å². The Morgan fingerprint density at radius 1 is 1.30 bits per heavy atom. The summed E-state index contributed by atoms with van der Waals surface area (Å²) in [5.41, 5.74) is 11.0. The van der Waals surface area contributed by atoms with Gasteiger partial charge in [0.25, 0.3) is 5.91 Å². The Balaban J connectivity index is 2.70. The minimum Gasteiger partial charge on any atom is -0.394 e. The van der Waals surface area contributed by atoms with Crippen LogP contribution in [0.5, 0.6) is 0 Å². The van der Waals surface area contributed by atoms with Crippen LogP contribution in [0.15, 0.2) is 16.3 Å². The summed E-state index contributed by atoms with van der Waals surface area (Å²) in [7, 11) is 0. The second-order valence-electron chi connectivity index (χ2n) is 4.66. The van der Waals surface area contributed by atoms with Crippen LogP contribution in [-0.4, -0.2) is 58.9 Å². The van der Waals surface area contributed by atoms with Gasteiger partial charge >= 0.3 is 0 Å². The molecule has 11 heteroatoms. The Kier molecular flexibility index (Phi) is 7.12. The number of aliphatic imine (C=N–C) groups is 1. The van der Waals surface area contributed by atoms with Crippen molar-refractivity contribution < 1.29 is 29.5 Å². The number of aliphatic hydroxyl groups is 1. The smallest absolute Gasteiger partial charge is 0.277 e. The van der Waals surface area contributed by atoms with Crippen molar-refractivity contribution in [3.05, 3.63) is 11.3 Å². The molecule has 3 amide bonds. The van der Waals surface area contributed by atoms with Gasteiger partial charge in [0.1, 0.15) is 12.8 Å². The molecule has 0 bridgehead atoms.